The zero-order valence-electron chi connectivity index (χ0n) is 14.6. The molecule has 23 heavy (non-hydrogen) atoms. The second kappa shape index (κ2) is 8.17. The third kappa shape index (κ3) is 4.21. The van der Waals surface area contributed by atoms with Gasteiger partial charge >= 0.3 is 0 Å². The maximum absolute atomic E-state index is 12.8. The van der Waals surface area contributed by atoms with E-state index in [0.717, 1.165) is 44.7 Å². The fourth-order valence-electron chi connectivity index (χ4n) is 4.75. The van der Waals surface area contributed by atoms with Crippen molar-refractivity contribution in [1.29, 1.82) is 0 Å². The monoisotopic (exact) mass is 344 g/mol. The van der Waals surface area contributed by atoms with E-state index in [1.165, 1.54) is 19.3 Å². The fourth-order valence-corrected chi connectivity index (χ4v) is 4.75. The molecule has 6 unspecified atom stereocenters. The van der Waals surface area contributed by atoms with Gasteiger partial charge < -0.3 is 15.4 Å². The Bertz CT molecular complexity index is 406. The number of nitrogens with zero attached hydrogens (tertiary/aromatic N) is 1. The van der Waals surface area contributed by atoms with E-state index < -0.39 is 0 Å². The van der Waals surface area contributed by atoms with Gasteiger partial charge in [-0.3, -0.25) is 4.79 Å². The first-order valence-electron chi connectivity index (χ1n) is 9.28. The van der Waals surface area contributed by atoms with E-state index in [1.54, 1.807) is 0 Å². The van der Waals surface area contributed by atoms with Gasteiger partial charge in [0.25, 0.3) is 5.91 Å². The molecule has 6 atom stereocenters. The summed E-state index contributed by atoms with van der Waals surface area (Å²) in [5.41, 5.74) is 6.19. The van der Waals surface area contributed by atoms with Gasteiger partial charge in [-0.1, -0.05) is 26.7 Å². The Balaban J connectivity index is 0.00000192. The Hall–Kier alpha value is -0.320. The molecule has 2 aliphatic carbocycles. The van der Waals surface area contributed by atoms with Crippen molar-refractivity contribution >= 4 is 18.3 Å². The van der Waals surface area contributed by atoms with E-state index in [9.17, 15) is 4.79 Å². The lowest BCUT2D eigenvalue weighted by Crippen LogP contribution is -2.42. The van der Waals surface area contributed by atoms with Gasteiger partial charge in [0.15, 0.2) is 0 Å². The van der Waals surface area contributed by atoms with Crippen molar-refractivity contribution < 1.29 is 9.53 Å². The van der Waals surface area contributed by atoms with Crippen LogP contribution in [0.15, 0.2) is 0 Å². The standard InChI is InChI=1S/C18H32N2O2.ClH/c1-3-17(22-14-6-4-5-12(2)9-14)18(21)20-10-13-7-8-16(19)15(13)11-20;/h12-17H,3-11,19H2,1-2H3;1H. The number of ether oxygens (including phenoxy) is 1. The summed E-state index contributed by atoms with van der Waals surface area (Å²) in [6.07, 6.45) is 7.90. The summed E-state index contributed by atoms with van der Waals surface area (Å²) >= 11 is 0. The fraction of sp³-hybridized carbons (Fsp3) is 0.944. The molecule has 0 aromatic heterocycles. The molecule has 3 aliphatic rings. The van der Waals surface area contributed by atoms with Crippen molar-refractivity contribution in [1.82, 2.24) is 4.90 Å². The number of fused-ring (bicyclic) bond motifs is 1. The van der Waals surface area contributed by atoms with Crippen LogP contribution < -0.4 is 5.73 Å². The Morgan fingerprint density at radius 2 is 2.04 bits per heavy atom. The van der Waals surface area contributed by atoms with Crippen LogP contribution in [0.25, 0.3) is 0 Å². The van der Waals surface area contributed by atoms with E-state index in [2.05, 4.69) is 13.8 Å². The predicted octanol–water partition coefficient (Wildman–Crippen LogP) is 2.98. The predicted molar refractivity (Wildman–Crippen MR) is 94.6 cm³/mol. The summed E-state index contributed by atoms with van der Waals surface area (Å²) in [4.78, 5) is 14.9. The van der Waals surface area contributed by atoms with Gasteiger partial charge in [-0.2, -0.15) is 0 Å². The molecule has 0 aromatic carbocycles. The number of rotatable bonds is 4. The number of carbonyl (C=O) groups is 1. The van der Waals surface area contributed by atoms with Crippen LogP contribution in [0.3, 0.4) is 0 Å². The second-order valence-corrected chi connectivity index (χ2v) is 7.84. The molecular weight excluding hydrogens is 312 g/mol. The molecule has 5 heteroatoms. The third-order valence-electron chi connectivity index (χ3n) is 6.12. The molecular formula is C18H33ClN2O2. The van der Waals surface area contributed by atoms with Crippen LogP contribution in [-0.2, 0) is 9.53 Å². The van der Waals surface area contributed by atoms with Crippen molar-refractivity contribution in [3.05, 3.63) is 0 Å². The van der Waals surface area contributed by atoms with Crippen molar-refractivity contribution in [3.8, 4) is 0 Å². The molecule has 4 nitrogen and oxygen atoms in total. The Morgan fingerprint density at radius 3 is 2.70 bits per heavy atom. The van der Waals surface area contributed by atoms with Crippen LogP contribution >= 0.6 is 12.4 Å². The zero-order valence-corrected chi connectivity index (χ0v) is 15.4. The molecule has 0 radical (unpaired) electrons. The lowest BCUT2D eigenvalue weighted by atomic mass is 9.88. The van der Waals surface area contributed by atoms with Gasteiger partial charge in [-0.25, -0.2) is 0 Å². The number of nitrogens with two attached hydrogens (primary N) is 1. The summed E-state index contributed by atoms with van der Waals surface area (Å²) in [6, 6.07) is 0.294. The van der Waals surface area contributed by atoms with E-state index >= 15 is 0 Å². The van der Waals surface area contributed by atoms with Gasteiger partial charge in [-0.15, -0.1) is 12.4 Å². The van der Waals surface area contributed by atoms with Gasteiger partial charge in [0.1, 0.15) is 6.10 Å². The molecule has 1 aliphatic heterocycles. The summed E-state index contributed by atoms with van der Waals surface area (Å²) < 4.78 is 6.21. The van der Waals surface area contributed by atoms with Gasteiger partial charge in [0.05, 0.1) is 6.10 Å². The number of hydrogen-bond acceptors (Lipinski definition) is 3. The van der Waals surface area contributed by atoms with Crippen molar-refractivity contribution in [2.75, 3.05) is 13.1 Å². The molecule has 2 saturated carbocycles. The minimum Gasteiger partial charge on any atom is -0.365 e. The third-order valence-corrected chi connectivity index (χ3v) is 6.12. The van der Waals surface area contributed by atoms with E-state index in [-0.39, 0.29) is 30.5 Å². The first-order chi connectivity index (χ1) is 10.6. The van der Waals surface area contributed by atoms with Crippen molar-refractivity contribution in [3.63, 3.8) is 0 Å². The number of hydrogen-bond donors (Lipinski definition) is 1. The van der Waals surface area contributed by atoms with Crippen LogP contribution in [0.4, 0.5) is 0 Å². The van der Waals surface area contributed by atoms with Gasteiger partial charge in [-0.05, 0) is 49.9 Å². The Kier molecular flexibility index (Phi) is 6.76. The molecule has 3 rings (SSSR count). The number of carbonyl (C=O) groups excluding carboxylic acids is 1. The highest BCUT2D eigenvalue weighted by Crippen LogP contribution is 2.37. The van der Waals surface area contributed by atoms with Gasteiger partial charge in [0.2, 0.25) is 0 Å². The summed E-state index contributed by atoms with van der Waals surface area (Å²) in [5.74, 6) is 2.10. The molecule has 1 amide bonds. The second-order valence-electron chi connectivity index (χ2n) is 7.84. The van der Waals surface area contributed by atoms with E-state index in [0.29, 0.717) is 17.9 Å². The average molecular weight is 345 g/mol. The van der Waals surface area contributed by atoms with Crippen LogP contribution in [0, 0.1) is 17.8 Å². The zero-order chi connectivity index (χ0) is 15.7. The highest BCUT2D eigenvalue weighted by Gasteiger charge is 2.43. The molecule has 0 spiro atoms. The largest absolute Gasteiger partial charge is 0.365 e. The van der Waals surface area contributed by atoms with E-state index in [1.807, 2.05) is 4.90 Å². The molecule has 1 saturated heterocycles. The number of halogens is 1. The Morgan fingerprint density at radius 1 is 1.26 bits per heavy atom. The van der Waals surface area contributed by atoms with Crippen LogP contribution in [0.1, 0.15) is 58.8 Å². The van der Waals surface area contributed by atoms with Crippen molar-refractivity contribution in [2.45, 2.75) is 77.0 Å². The van der Waals surface area contributed by atoms with Crippen LogP contribution in [0.2, 0.25) is 0 Å². The first kappa shape index (κ1) is 19.0. The number of amides is 1. The molecule has 134 valence electrons. The molecule has 0 bridgehead atoms. The molecule has 2 N–H and O–H groups in total. The minimum atomic E-state index is -0.245. The molecule has 0 aromatic rings. The number of likely N-dealkylation sites (tertiary alicyclic amines) is 1. The summed E-state index contributed by atoms with van der Waals surface area (Å²) in [6.45, 7) is 6.11. The highest BCUT2D eigenvalue weighted by atomic mass is 35.5. The topological polar surface area (TPSA) is 55.6 Å². The quantitative estimate of drug-likeness (QED) is 0.853. The van der Waals surface area contributed by atoms with Crippen LogP contribution in [0.5, 0.6) is 0 Å². The lowest BCUT2D eigenvalue weighted by molar-refractivity contribution is -0.149. The maximum Gasteiger partial charge on any atom is 0.251 e. The maximum atomic E-state index is 12.8. The lowest BCUT2D eigenvalue weighted by Gasteiger charge is -2.31. The first-order valence-corrected chi connectivity index (χ1v) is 9.28. The highest BCUT2D eigenvalue weighted by molar-refractivity contribution is 5.85. The minimum absolute atomic E-state index is 0. The van der Waals surface area contributed by atoms with Crippen molar-refractivity contribution in [2.24, 2.45) is 23.5 Å². The Labute approximate surface area is 146 Å². The normalized spacial score (nSPS) is 38.0. The molecule has 1 heterocycles. The average Bonchev–Trinajstić information content (AvgIpc) is 3.07. The summed E-state index contributed by atoms with van der Waals surface area (Å²) in [7, 11) is 0. The summed E-state index contributed by atoms with van der Waals surface area (Å²) in [5, 5.41) is 0. The smallest absolute Gasteiger partial charge is 0.251 e. The van der Waals surface area contributed by atoms with E-state index in [4.69, 9.17) is 10.5 Å². The SMILES string of the molecule is CCC(OC1CCCC(C)C1)C(=O)N1CC2CCC(N)C2C1.Cl. The van der Waals surface area contributed by atoms with Crippen LogP contribution in [-0.4, -0.2) is 42.1 Å². The van der Waals surface area contributed by atoms with Gasteiger partial charge in [0, 0.05) is 19.1 Å². The molecule has 3 fully saturated rings.